The standard InChI is InChI=1S/C18H26O3/c1-2-17(20)13-10-11-15-18(21)14-9-7-5-3-4-6-8-12-16-19/h2,9,14,17-21H,1,3-8,12,16H2/b14-9+. The maximum Gasteiger partial charge on any atom is 0.134 e. The Morgan fingerprint density at radius 3 is 2.05 bits per heavy atom. The third kappa shape index (κ3) is 14.7. The lowest BCUT2D eigenvalue weighted by Crippen LogP contribution is -1.97. The molecule has 3 N–H and O–H groups in total. The SMILES string of the molecule is C=CC(O)C#CC#CC(O)/C=C/CCCCCCCCO. The molecule has 0 fully saturated rings. The van der Waals surface area contributed by atoms with Gasteiger partial charge in [0.2, 0.25) is 0 Å². The fourth-order valence-corrected chi connectivity index (χ4v) is 1.63. The van der Waals surface area contributed by atoms with E-state index in [9.17, 15) is 5.11 Å². The summed E-state index contributed by atoms with van der Waals surface area (Å²) in [5.74, 6) is 9.97. The van der Waals surface area contributed by atoms with Crippen LogP contribution < -0.4 is 0 Å². The van der Waals surface area contributed by atoms with Crippen LogP contribution in [-0.2, 0) is 0 Å². The Hall–Kier alpha value is -1.52. The first-order valence-electron chi connectivity index (χ1n) is 7.48. The molecular weight excluding hydrogens is 264 g/mol. The monoisotopic (exact) mass is 290 g/mol. The highest BCUT2D eigenvalue weighted by Crippen LogP contribution is 2.07. The van der Waals surface area contributed by atoms with Crippen LogP contribution in [0.3, 0.4) is 0 Å². The van der Waals surface area contributed by atoms with Crippen molar-refractivity contribution in [3.8, 4) is 23.7 Å². The average molecular weight is 290 g/mol. The van der Waals surface area contributed by atoms with Crippen LogP contribution >= 0.6 is 0 Å². The van der Waals surface area contributed by atoms with E-state index in [4.69, 9.17) is 10.2 Å². The lowest BCUT2D eigenvalue weighted by molar-refractivity contribution is 0.280. The van der Waals surface area contributed by atoms with Gasteiger partial charge in [0.15, 0.2) is 0 Å². The minimum Gasteiger partial charge on any atom is -0.396 e. The largest absolute Gasteiger partial charge is 0.396 e. The average Bonchev–Trinajstić information content (AvgIpc) is 2.49. The quantitative estimate of drug-likeness (QED) is 0.328. The zero-order valence-corrected chi connectivity index (χ0v) is 12.6. The van der Waals surface area contributed by atoms with Crippen LogP contribution in [0.15, 0.2) is 24.8 Å². The van der Waals surface area contributed by atoms with Crippen LogP contribution in [-0.4, -0.2) is 34.1 Å². The van der Waals surface area contributed by atoms with Crippen LogP contribution in [0.5, 0.6) is 0 Å². The lowest BCUT2D eigenvalue weighted by Gasteiger charge is -1.99. The summed E-state index contributed by atoms with van der Waals surface area (Å²) in [6.45, 7) is 3.68. The predicted octanol–water partition coefficient (Wildman–Crippen LogP) is 2.18. The number of aliphatic hydroxyl groups excluding tert-OH is 3. The Kier molecular flexibility index (Phi) is 13.8. The number of hydrogen-bond donors (Lipinski definition) is 3. The minimum atomic E-state index is -0.871. The van der Waals surface area contributed by atoms with Gasteiger partial charge in [0.05, 0.1) is 0 Å². The molecule has 0 aliphatic heterocycles. The first-order chi connectivity index (χ1) is 10.2. The fourth-order valence-electron chi connectivity index (χ4n) is 1.63. The van der Waals surface area contributed by atoms with Gasteiger partial charge < -0.3 is 15.3 Å². The van der Waals surface area contributed by atoms with Crippen LogP contribution in [0.2, 0.25) is 0 Å². The summed E-state index contributed by atoms with van der Waals surface area (Å²) in [5.41, 5.74) is 0. The van der Waals surface area contributed by atoms with Gasteiger partial charge in [0, 0.05) is 6.61 Å². The normalized spacial score (nSPS) is 12.9. The molecule has 0 spiro atoms. The molecule has 0 aromatic heterocycles. The summed E-state index contributed by atoms with van der Waals surface area (Å²) < 4.78 is 0. The molecule has 0 aromatic rings. The minimum absolute atomic E-state index is 0.290. The molecule has 0 rings (SSSR count). The molecule has 0 aliphatic rings. The second kappa shape index (κ2) is 14.9. The van der Waals surface area contributed by atoms with Crippen molar-refractivity contribution in [2.75, 3.05) is 6.61 Å². The summed E-state index contributed by atoms with van der Waals surface area (Å²) in [7, 11) is 0. The van der Waals surface area contributed by atoms with Gasteiger partial charge in [0.25, 0.3) is 0 Å². The maximum absolute atomic E-state index is 9.54. The molecule has 0 bridgehead atoms. The number of hydrogen-bond acceptors (Lipinski definition) is 3. The molecule has 0 saturated carbocycles. The third-order valence-corrected chi connectivity index (χ3v) is 2.82. The smallest absolute Gasteiger partial charge is 0.134 e. The van der Waals surface area contributed by atoms with Crippen LogP contribution in [0.25, 0.3) is 0 Å². The summed E-state index contributed by atoms with van der Waals surface area (Å²) in [4.78, 5) is 0. The van der Waals surface area contributed by atoms with E-state index >= 15 is 0 Å². The molecule has 0 aromatic carbocycles. The van der Waals surface area contributed by atoms with Gasteiger partial charge in [-0.3, -0.25) is 0 Å². The molecule has 3 nitrogen and oxygen atoms in total. The van der Waals surface area contributed by atoms with E-state index in [0.29, 0.717) is 6.61 Å². The highest BCUT2D eigenvalue weighted by Gasteiger charge is 1.92. The summed E-state index contributed by atoms with van der Waals surface area (Å²) in [6.07, 6.45) is 10.8. The highest BCUT2D eigenvalue weighted by molar-refractivity contribution is 5.31. The van der Waals surface area contributed by atoms with Crippen molar-refractivity contribution < 1.29 is 15.3 Å². The van der Waals surface area contributed by atoms with Crippen molar-refractivity contribution >= 4 is 0 Å². The van der Waals surface area contributed by atoms with E-state index in [1.54, 1.807) is 6.08 Å². The van der Waals surface area contributed by atoms with Crippen molar-refractivity contribution in [3.63, 3.8) is 0 Å². The Morgan fingerprint density at radius 1 is 0.857 bits per heavy atom. The third-order valence-electron chi connectivity index (χ3n) is 2.82. The number of allylic oxidation sites excluding steroid dienone is 1. The molecule has 0 aliphatic carbocycles. The molecule has 0 heterocycles. The van der Waals surface area contributed by atoms with E-state index in [1.807, 2.05) is 6.08 Å². The van der Waals surface area contributed by atoms with Gasteiger partial charge in [-0.25, -0.2) is 0 Å². The zero-order valence-electron chi connectivity index (χ0n) is 12.6. The summed E-state index contributed by atoms with van der Waals surface area (Å²) in [6, 6.07) is 0. The maximum atomic E-state index is 9.54. The van der Waals surface area contributed by atoms with Gasteiger partial charge in [-0.05, 0) is 37.2 Å². The molecule has 3 heteroatoms. The van der Waals surface area contributed by atoms with Crippen LogP contribution in [0.1, 0.15) is 44.9 Å². The molecule has 21 heavy (non-hydrogen) atoms. The van der Waals surface area contributed by atoms with E-state index in [1.165, 1.54) is 25.3 Å². The first kappa shape index (κ1) is 19.5. The van der Waals surface area contributed by atoms with Crippen molar-refractivity contribution in [2.24, 2.45) is 0 Å². The Bertz CT molecular complexity index is 404. The summed E-state index contributed by atoms with van der Waals surface area (Å²) >= 11 is 0. The van der Waals surface area contributed by atoms with Crippen molar-refractivity contribution in [1.82, 2.24) is 0 Å². The molecule has 0 radical (unpaired) electrons. The molecular formula is C18H26O3. The van der Waals surface area contributed by atoms with E-state index in [-0.39, 0.29) is 0 Å². The predicted molar refractivity (Wildman–Crippen MR) is 86.3 cm³/mol. The van der Waals surface area contributed by atoms with Gasteiger partial charge >= 0.3 is 0 Å². The number of unbranched alkanes of at least 4 members (excludes halogenated alkanes) is 6. The Morgan fingerprint density at radius 2 is 1.43 bits per heavy atom. The lowest BCUT2D eigenvalue weighted by atomic mass is 10.1. The number of aliphatic hydroxyl groups is 3. The van der Waals surface area contributed by atoms with Crippen molar-refractivity contribution in [1.29, 1.82) is 0 Å². The Labute approximate surface area is 128 Å². The van der Waals surface area contributed by atoms with E-state index < -0.39 is 12.2 Å². The Balaban J connectivity index is 3.66. The highest BCUT2D eigenvalue weighted by atomic mass is 16.3. The first-order valence-corrected chi connectivity index (χ1v) is 7.48. The molecule has 2 unspecified atom stereocenters. The van der Waals surface area contributed by atoms with E-state index in [0.717, 1.165) is 25.7 Å². The second-order valence-corrected chi connectivity index (χ2v) is 4.73. The second-order valence-electron chi connectivity index (χ2n) is 4.73. The fraction of sp³-hybridized carbons (Fsp3) is 0.556. The zero-order chi connectivity index (χ0) is 15.8. The van der Waals surface area contributed by atoms with Crippen LogP contribution in [0, 0.1) is 23.7 Å². The molecule has 2 atom stereocenters. The van der Waals surface area contributed by atoms with Gasteiger partial charge in [-0.2, -0.15) is 0 Å². The molecule has 116 valence electrons. The molecule has 0 saturated heterocycles. The topological polar surface area (TPSA) is 60.7 Å². The van der Waals surface area contributed by atoms with Gasteiger partial charge in [-0.15, -0.1) is 0 Å². The number of rotatable bonds is 10. The van der Waals surface area contributed by atoms with E-state index in [2.05, 4.69) is 30.3 Å². The van der Waals surface area contributed by atoms with Gasteiger partial charge in [0.1, 0.15) is 12.2 Å². The molecule has 0 amide bonds. The van der Waals surface area contributed by atoms with Crippen molar-refractivity contribution in [3.05, 3.63) is 24.8 Å². The van der Waals surface area contributed by atoms with Gasteiger partial charge in [-0.1, -0.05) is 56.3 Å². The van der Waals surface area contributed by atoms with Crippen molar-refractivity contribution in [2.45, 2.75) is 57.2 Å². The van der Waals surface area contributed by atoms with Crippen LogP contribution in [0.4, 0.5) is 0 Å². The summed E-state index contributed by atoms with van der Waals surface area (Å²) in [5, 5.41) is 27.2.